The summed E-state index contributed by atoms with van der Waals surface area (Å²) in [7, 11) is -3.90. The first kappa shape index (κ1) is 27.2. The predicted molar refractivity (Wildman–Crippen MR) is 133 cm³/mol. The summed E-state index contributed by atoms with van der Waals surface area (Å²) in [6.07, 6.45) is 1.31. The SMILES string of the molecule is CCNC(=O)[C@H](CC)N(Cc1ccc(Cl)cc1)C(=O)CN(c1cccc(Cl)c1Cl)S(C)(=O)=O. The van der Waals surface area contributed by atoms with E-state index in [1.165, 1.54) is 17.0 Å². The predicted octanol–water partition coefficient (Wildman–Crippen LogP) is 4.36. The Morgan fingerprint density at radius 3 is 2.21 bits per heavy atom. The second-order valence-electron chi connectivity index (χ2n) is 7.31. The van der Waals surface area contributed by atoms with Gasteiger partial charge in [0.2, 0.25) is 21.8 Å². The lowest BCUT2D eigenvalue weighted by atomic mass is 10.1. The summed E-state index contributed by atoms with van der Waals surface area (Å²) >= 11 is 18.3. The fraction of sp³-hybridized carbons (Fsp3) is 0.364. The smallest absolute Gasteiger partial charge is 0.244 e. The van der Waals surface area contributed by atoms with Crippen LogP contribution in [0.1, 0.15) is 25.8 Å². The van der Waals surface area contributed by atoms with Crippen LogP contribution in [0.25, 0.3) is 0 Å². The van der Waals surface area contributed by atoms with Crippen LogP contribution >= 0.6 is 34.8 Å². The highest BCUT2D eigenvalue weighted by molar-refractivity contribution is 7.92. The Balaban J connectivity index is 2.47. The van der Waals surface area contributed by atoms with Gasteiger partial charge in [-0.05, 0) is 43.2 Å². The van der Waals surface area contributed by atoms with Crippen molar-refractivity contribution in [1.82, 2.24) is 10.2 Å². The molecule has 0 unspecified atom stereocenters. The van der Waals surface area contributed by atoms with E-state index in [9.17, 15) is 18.0 Å². The molecule has 0 aliphatic carbocycles. The van der Waals surface area contributed by atoms with Crippen molar-refractivity contribution in [3.8, 4) is 0 Å². The molecule has 1 N–H and O–H groups in total. The minimum absolute atomic E-state index is 0.0115. The van der Waals surface area contributed by atoms with Crippen molar-refractivity contribution < 1.29 is 18.0 Å². The van der Waals surface area contributed by atoms with Gasteiger partial charge in [-0.3, -0.25) is 13.9 Å². The van der Waals surface area contributed by atoms with Crippen LogP contribution in [0.3, 0.4) is 0 Å². The van der Waals surface area contributed by atoms with E-state index in [0.717, 1.165) is 16.1 Å². The van der Waals surface area contributed by atoms with Crippen LogP contribution in [-0.2, 0) is 26.2 Å². The van der Waals surface area contributed by atoms with E-state index in [4.69, 9.17) is 34.8 Å². The molecule has 2 aromatic rings. The molecule has 0 aromatic heterocycles. The molecule has 11 heteroatoms. The summed E-state index contributed by atoms with van der Waals surface area (Å²) in [4.78, 5) is 27.6. The van der Waals surface area contributed by atoms with Gasteiger partial charge in [0.25, 0.3) is 0 Å². The zero-order chi connectivity index (χ0) is 24.8. The highest BCUT2D eigenvalue weighted by Gasteiger charge is 2.32. The van der Waals surface area contributed by atoms with Crippen LogP contribution in [0.5, 0.6) is 0 Å². The van der Waals surface area contributed by atoms with Crippen molar-refractivity contribution in [3.05, 3.63) is 63.1 Å². The number of anilines is 1. The topological polar surface area (TPSA) is 86.8 Å². The summed E-state index contributed by atoms with van der Waals surface area (Å²) in [5.74, 6) is -0.890. The number of carbonyl (C=O) groups excluding carboxylic acids is 2. The maximum absolute atomic E-state index is 13.5. The summed E-state index contributed by atoms with van der Waals surface area (Å²) in [6, 6.07) is 10.6. The van der Waals surface area contributed by atoms with Gasteiger partial charge in [-0.15, -0.1) is 0 Å². The number of nitrogens with zero attached hydrogens (tertiary/aromatic N) is 2. The van der Waals surface area contributed by atoms with Crippen LogP contribution in [0.15, 0.2) is 42.5 Å². The molecule has 2 rings (SSSR count). The maximum atomic E-state index is 13.5. The molecule has 0 heterocycles. The molecule has 7 nitrogen and oxygen atoms in total. The summed E-state index contributed by atoms with van der Waals surface area (Å²) in [6.45, 7) is 3.49. The van der Waals surface area contributed by atoms with Gasteiger partial charge < -0.3 is 10.2 Å². The van der Waals surface area contributed by atoms with Gasteiger partial charge in [-0.2, -0.15) is 0 Å². The zero-order valence-electron chi connectivity index (χ0n) is 18.5. The zero-order valence-corrected chi connectivity index (χ0v) is 21.6. The minimum atomic E-state index is -3.90. The molecule has 0 aliphatic rings. The van der Waals surface area contributed by atoms with Crippen molar-refractivity contribution in [2.24, 2.45) is 0 Å². The molecule has 0 aliphatic heterocycles. The third-order valence-corrected chi connectivity index (χ3v) is 7.07. The lowest BCUT2D eigenvalue weighted by molar-refractivity contribution is -0.140. The fourth-order valence-electron chi connectivity index (χ4n) is 3.28. The number of benzene rings is 2. The van der Waals surface area contributed by atoms with Gasteiger partial charge >= 0.3 is 0 Å². The molecular weight excluding hydrogens is 509 g/mol. The standard InChI is InChI=1S/C22H26Cl3N3O4S/c1-4-18(22(30)26-5-2)27(13-15-9-11-16(23)12-10-15)20(29)14-28(33(3,31)32)19-8-6-7-17(24)21(19)25/h6-12,18H,4-5,13-14H2,1-3H3,(H,26,30)/t18-/m0/s1. The third-order valence-electron chi connectivity index (χ3n) is 4.88. The van der Waals surface area contributed by atoms with Crippen LogP contribution in [0, 0.1) is 0 Å². The average Bonchev–Trinajstić information content (AvgIpc) is 2.75. The first-order chi connectivity index (χ1) is 15.5. The molecule has 0 bridgehead atoms. The van der Waals surface area contributed by atoms with E-state index in [-0.39, 0.29) is 28.2 Å². The van der Waals surface area contributed by atoms with Crippen LogP contribution in [0.2, 0.25) is 15.1 Å². The largest absolute Gasteiger partial charge is 0.355 e. The number of nitrogens with one attached hydrogen (secondary N) is 1. The molecule has 0 radical (unpaired) electrons. The van der Waals surface area contributed by atoms with Gasteiger partial charge in [-0.1, -0.05) is 59.9 Å². The molecular formula is C22H26Cl3N3O4S. The number of amides is 2. The quantitative estimate of drug-likeness (QED) is 0.491. The molecule has 2 amide bonds. The lowest BCUT2D eigenvalue weighted by Crippen LogP contribution is -2.52. The first-order valence-electron chi connectivity index (χ1n) is 10.2. The van der Waals surface area contributed by atoms with E-state index in [2.05, 4.69) is 5.32 Å². The van der Waals surface area contributed by atoms with E-state index in [1.807, 2.05) is 0 Å². The average molecular weight is 535 g/mol. The van der Waals surface area contributed by atoms with E-state index < -0.39 is 28.5 Å². The van der Waals surface area contributed by atoms with Gasteiger partial charge in [0.15, 0.2) is 0 Å². The fourth-order valence-corrected chi connectivity index (χ4v) is 4.71. The van der Waals surface area contributed by atoms with Crippen LogP contribution in [-0.4, -0.2) is 50.5 Å². The van der Waals surface area contributed by atoms with Gasteiger partial charge in [0.1, 0.15) is 12.6 Å². The monoisotopic (exact) mass is 533 g/mol. The Bertz CT molecular complexity index is 1090. The molecule has 0 spiro atoms. The van der Waals surface area contributed by atoms with Crippen molar-refractivity contribution in [2.75, 3.05) is 23.7 Å². The van der Waals surface area contributed by atoms with Gasteiger partial charge in [0.05, 0.1) is 22.0 Å². The van der Waals surface area contributed by atoms with Gasteiger partial charge in [-0.25, -0.2) is 8.42 Å². The second-order valence-corrected chi connectivity index (χ2v) is 10.4. The second kappa shape index (κ2) is 11.9. The number of carbonyl (C=O) groups is 2. The lowest BCUT2D eigenvalue weighted by Gasteiger charge is -2.33. The van der Waals surface area contributed by atoms with Crippen molar-refractivity contribution >= 4 is 62.3 Å². The normalized spacial score (nSPS) is 12.2. The Morgan fingerprint density at radius 1 is 1.03 bits per heavy atom. The highest BCUT2D eigenvalue weighted by Crippen LogP contribution is 2.33. The number of rotatable bonds is 10. The number of hydrogen-bond donors (Lipinski definition) is 1. The van der Waals surface area contributed by atoms with E-state index in [0.29, 0.717) is 18.0 Å². The van der Waals surface area contributed by atoms with Crippen molar-refractivity contribution in [3.63, 3.8) is 0 Å². The molecule has 0 saturated carbocycles. The van der Waals surface area contributed by atoms with Crippen LogP contribution in [0.4, 0.5) is 5.69 Å². The van der Waals surface area contributed by atoms with E-state index in [1.54, 1.807) is 44.2 Å². The summed E-state index contributed by atoms with van der Waals surface area (Å²) < 4.78 is 26.1. The number of likely N-dealkylation sites (N-methyl/N-ethyl adjacent to an activating group) is 1. The highest BCUT2D eigenvalue weighted by atomic mass is 35.5. The molecule has 1 atom stereocenters. The van der Waals surface area contributed by atoms with Crippen LogP contribution < -0.4 is 9.62 Å². The van der Waals surface area contributed by atoms with Gasteiger partial charge in [0, 0.05) is 18.1 Å². The Kier molecular flexibility index (Phi) is 9.84. The summed E-state index contributed by atoms with van der Waals surface area (Å²) in [5, 5.41) is 3.43. The number of hydrogen-bond acceptors (Lipinski definition) is 4. The molecule has 0 fully saturated rings. The molecule has 0 saturated heterocycles. The number of sulfonamides is 1. The molecule has 2 aromatic carbocycles. The Labute approximate surface area is 209 Å². The molecule has 33 heavy (non-hydrogen) atoms. The third kappa shape index (κ3) is 7.24. The van der Waals surface area contributed by atoms with Crippen molar-refractivity contribution in [2.45, 2.75) is 32.9 Å². The molecule has 180 valence electrons. The maximum Gasteiger partial charge on any atom is 0.244 e. The Morgan fingerprint density at radius 2 is 1.67 bits per heavy atom. The summed E-state index contributed by atoms with van der Waals surface area (Å²) in [5.41, 5.74) is 0.819. The minimum Gasteiger partial charge on any atom is -0.355 e. The first-order valence-corrected chi connectivity index (χ1v) is 13.2. The van der Waals surface area contributed by atoms with E-state index >= 15 is 0 Å². The van der Waals surface area contributed by atoms with Crippen molar-refractivity contribution in [1.29, 1.82) is 0 Å². The Hall–Kier alpha value is -2.00. The number of halogens is 3.